The predicted molar refractivity (Wildman–Crippen MR) is 108 cm³/mol. The lowest BCUT2D eigenvalue weighted by atomic mass is 10.0. The highest BCUT2D eigenvalue weighted by atomic mass is 19.1. The molecule has 8 nitrogen and oxygen atoms in total. The smallest absolute Gasteiger partial charge is 0.335 e. The molecule has 1 amide bonds. The average molecular weight is 418 g/mol. The summed E-state index contributed by atoms with van der Waals surface area (Å²) < 4.78 is 19.9. The lowest BCUT2D eigenvalue weighted by Gasteiger charge is -2.30. The number of aromatic carboxylic acids is 1. The SMILES string of the molecule is CC(C)N(C(=O)COc1c(F)cc(-c2ccc(C(=O)O)cc2)cc1[N+](=O)[O-])C(C)C. The maximum atomic E-state index is 14.7. The van der Waals surface area contributed by atoms with E-state index in [-0.39, 0.29) is 23.2 Å². The predicted octanol–water partition coefficient (Wildman–Crippen LogP) is 4.12. The number of carboxylic acids is 1. The summed E-state index contributed by atoms with van der Waals surface area (Å²) in [7, 11) is 0. The molecule has 0 aliphatic heterocycles. The van der Waals surface area contributed by atoms with Crippen molar-refractivity contribution >= 4 is 17.6 Å². The zero-order valence-electron chi connectivity index (χ0n) is 17.1. The van der Waals surface area contributed by atoms with Crippen LogP contribution in [-0.4, -0.2) is 45.5 Å². The number of amides is 1. The monoisotopic (exact) mass is 418 g/mol. The van der Waals surface area contributed by atoms with Crippen molar-refractivity contribution in [2.75, 3.05) is 6.61 Å². The zero-order valence-corrected chi connectivity index (χ0v) is 17.1. The van der Waals surface area contributed by atoms with Crippen LogP contribution in [0.3, 0.4) is 0 Å². The zero-order chi connectivity index (χ0) is 22.6. The van der Waals surface area contributed by atoms with Gasteiger partial charge in [0.25, 0.3) is 5.91 Å². The molecule has 1 N–H and O–H groups in total. The van der Waals surface area contributed by atoms with Gasteiger partial charge in [0.15, 0.2) is 12.4 Å². The van der Waals surface area contributed by atoms with Gasteiger partial charge in [0.05, 0.1) is 10.5 Å². The first-order chi connectivity index (χ1) is 14.0. The van der Waals surface area contributed by atoms with Gasteiger partial charge in [0.2, 0.25) is 5.75 Å². The molecule has 0 unspecified atom stereocenters. The summed E-state index contributed by atoms with van der Waals surface area (Å²) in [5.74, 6) is -3.15. The number of nitro benzene ring substituents is 1. The fraction of sp³-hybridized carbons (Fsp3) is 0.333. The highest BCUT2D eigenvalue weighted by Crippen LogP contribution is 2.35. The highest BCUT2D eigenvalue weighted by molar-refractivity contribution is 5.88. The van der Waals surface area contributed by atoms with E-state index in [0.717, 1.165) is 12.1 Å². The number of benzene rings is 2. The first-order valence-corrected chi connectivity index (χ1v) is 9.28. The molecule has 0 aliphatic carbocycles. The van der Waals surface area contributed by atoms with Crippen molar-refractivity contribution in [2.45, 2.75) is 39.8 Å². The maximum absolute atomic E-state index is 14.7. The first kappa shape index (κ1) is 22.8. The number of hydrogen-bond donors (Lipinski definition) is 1. The summed E-state index contributed by atoms with van der Waals surface area (Å²) in [6.07, 6.45) is 0. The minimum absolute atomic E-state index is 0.0343. The largest absolute Gasteiger partial charge is 0.478 e. The van der Waals surface area contributed by atoms with Crippen LogP contribution in [0.4, 0.5) is 10.1 Å². The molecule has 0 radical (unpaired) electrons. The Labute approximate surface area is 173 Å². The number of nitro groups is 1. The van der Waals surface area contributed by atoms with Crippen molar-refractivity contribution in [2.24, 2.45) is 0 Å². The molecular weight excluding hydrogens is 395 g/mol. The molecule has 0 atom stereocenters. The van der Waals surface area contributed by atoms with E-state index in [0.29, 0.717) is 5.56 Å². The second kappa shape index (κ2) is 9.34. The second-order valence-electron chi connectivity index (χ2n) is 7.22. The lowest BCUT2D eigenvalue weighted by Crippen LogP contribution is -2.44. The number of nitrogens with zero attached hydrogens (tertiary/aromatic N) is 2. The molecule has 9 heteroatoms. The van der Waals surface area contributed by atoms with Gasteiger partial charge in [-0.05, 0) is 57.0 Å². The molecule has 0 fully saturated rings. The third-order valence-electron chi connectivity index (χ3n) is 4.43. The molecule has 0 heterocycles. The van der Waals surface area contributed by atoms with Gasteiger partial charge >= 0.3 is 11.7 Å². The van der Waals surface area contributed by atoms with Gasteiger partial charge in [-0.15, -0.1) is 0 Å². The molecular formula is C21H23FN2O6. The molecule has 0 saturated carbocycles. The third kappa shape index (κ3) is 5.11. The van der Waals surface area contributed by atoms with E-state index in [1.807, 2.05) is 27.7 Å². The Morgan fingerprint density at radius 2 is 1.67 bits per heavy atom. The van der Waals surface area contributed by atoms with Crippen LogP contribution in [-0.2, 0) is 4.79 Å². The van der Waals surface area contributed by atoms with Crippen LogP contribution < -0.4 is 4.74 Å². The van der Waals surface area contributed by atoms with E-state index >= 15 is 0 Å². The van der Waals surface area contributed by atoms with Crippen molar-refractivity contribution in [3.63, 3.8) is 0 Å². The first-order valence-electron chi connectivity index (χ1n) is 9.28. The topological polar surface area (TPSA) is 110 Å². The van der Waals surface area contributed by atoms with Crippen LogP contribution in [0, 0.1) is 15.9 Å². The van der Waals surface area contributed by atoms with Crippen LogP contribution in [0.5, 0.6) is 5.75 Å². The van der Waals surface area contributed by atoms with Gasteiger partial charge < -0.3 is 14.7 Å². The molecule has 0 spiro atoms. The van der Waals surface area contributed by atoms with Crippen molar-refractivity contribution in [3.8, 4) is 16.9 Å². The van der Waals surface area contributed by atoms with Crippen molar-refractivity contribution in [1.82, 2.24) is 4.90 Å². The molecule has 30 heavy (non-hydrogen) atoms. The van der Waals surface area contributed by atoms with Crippen LogP contribution in [0.1, 0.15) is 38.1 Å². The third-order valence-corrected chi connectivity index (χ3v) is 4.43. The normalized spacial score (nSPS) is 10.9. The van der Waals surface area contributed by atoms with Gasteiger partial charge in [0, 0.05) is 18.2 Å². The van der Waals surface area contributed by atoms with Crippen molar-refractivity contribution in [3.05, 3.63) is 57.9 Å². The van der Waals surface area contributed by atoms with E-state index < -0.39 is 40.7 Å². The quantitative estimate of drug-likeness (QED) is 0.510. The molecule has 2 rings (SSSR count). The molecule has 2 aromatic carbocycles. The van der Waals surface area contributed by atoms with E-state index in [4.69, 9.17) is 9.84 Å². The molecule has 0 saturated heterocycles. The molecule has 0 aromatic heterocycles. The summed E-state index contributed by atoms with van der Waals surface area (Å²) in [4.78, 5) is 35.6. The Kier molecular flexibility index (Phi) is 7.10. The number of rotatable bonds is 8. The maximum Gasteiger partial charge on any atom is 0.335 e. The second-order valence-corrected chi connectivity index (χ2v) is 7.22. The number of ether oxygens (including phenoxy) is 1. The Balaban J connectivity index is 2.34. The Hall–Kier alpha value is -3.49. The molecule has 2 aromatic rings. The Morgan fingerprint density at radius 3 is 2.13 bits per heavy atom. The summed E-state index contributed by atoms with van der Waals surface area (Å²) in [6, 6.07) is 7.43. The standard InChI is InChI=1S/C21H23FN2O6/c1-12(2)23(13(3)4)19(25)11-30-20-17(22)9-16(10-18(20)24(28)29)14-5-7-15(8-6-14)21(26)27/h5-10,12-13H,11H2,1-4H3,(H,26,27). The number of carbonyl (C=O) groups excluding carboxylic acids is 1. The van der Waals surface area contributed by atoms with Gasteiger partial charge in [-0.3, -0.25) is 14.9 Å². The lowest BCUT2D eigenvalue weighted by molar-refractivity contribution is -0.386. The van der Waals surface area contributed by atoms with Gasteiger partial charge in [-0.25, -0.2) is 9.18 Å². The van der Waals surface area contributed by atoms with Crippen molar-refractivity contribution in [1.29, 1.82) is 0 Å². The van der Waals surface area contributed by atoms with E-state index in [1.54, 1.807) is 4.90 Å². The van der Waals surface area contributed by atoms with E-state index in [9.17, 15) is 24.1 Å². The molecule has 0 aliphatic rings. The summed E-state index contributed by atoms with van der Waals surface area (Å²) >= 11 is 0. The van der Waals surface area contributed by atoms with E-state index in [2.05, 4.69) is 0 Å². The highest BCUT2D eigenvalue weighted by Gasteiger charge is 2.26. The number of halogens is 1. The Bertz CT molecular complexity index is 949. The molecule has 160 valence electrons. The number of carbonyl (C=O) groups is 2. The summed E-state index contributed by atoms with van der Waals surface area (Å²) in [5, 5.41) is 20.4. The van der Waals surface area contributed by atoms with Gasteiger partial charge in [0.1, 0.15) is 0 Å². The van der Waals surface area contributed by atoms with Crippen LogP contribution in [0.15, 0.2) is 36.4 Å². The molecule has 0 bridgehead atoms. The fourth-order valence-electron chi connectivity index (χ4n) is 3.21. The summed E-state index contributed by atoms with van der Waals surface area (Å²) in [6.45, 7) is 6.76. The van der Waals surface area contributed by atoms with Crippen LogP contribution in [0.25, 0.3) is 11.1 Å². The summed E-state index contributed by atoms with van der Waals surface area (Å²) in [5.41, 5.74) is -0.0102. The number of carboxylic acid groups (broad SMARTS) is 1. The minimum atomic E-state index is -1.12. The average Bonchev–Trinajstić information content (AvgIpc) is 2.65. The fourth-order valence-corrected chi connectivity index (χ4v) is 3.21. The Morgan fingerprint density at radius 1 is 1.10 bits per heavy atom. The van der Waals surface area contributed by atoms with E-state index in [1.165, 1.54) is 24.3 Å². The van der Waals surface area contributed by atoms with Crippen LogP contribution >= 0.6 is 0 Å². The van der Waals surface area contributed by atoms with Gasteiger partial charge in [-0.2, -0.15) is 0 Å². The van der Waals surface area contributed by atoms with Crippen LogP contribution in [0.2, 0.25) is 0 Å². The van der Waals surface area contributed by atoms with Gasteiger partial charge in [-0.1, -0.05) is 12.1 Å². The number of hydrogen-bond acceptors (Lipinski definition) is 5. The minimum Gasteiger partial charge on any atom is -0.478 e. The van der Waals surface area contributed by atoms with Crippen molar-refractivity contribution < 1.29 is 28.7 Å².